The van der Waals surface area contributed by atoms with Crippen molar-refractivity contribution in [3.63, 3.8) is 0 Å². The summed E-state index contributed by atoms with van der Waals surface area (Å²) in [5.74, 6) is -0.926. The van der Waals surface area contributed by atoms with Gasteiger partial charge in [0.2, 0.25) is 17.5 Å². The highest BCUT2D eigenvalue weighted by Crippen LogP contribution is 2.26. The van der Waals surface area contributed by atoms with Crippen LogP contribution in [-0.4, -0.2) is 17.7 Å². The summed E-state index contributed by atoms with van der Waals surface area (Å²) in [6, 6.07) is 16.8. The van der Waals surface area contributed by atoms with Gasteiger partial charge in [-0.3, -0.25) is 4.79 Å². The number of para-hydroxylation sites is 2. The van der Waals surface area contributed by atoms with Crippen molar-refractivity contribution in [2.45, 2.75) is 40.0 Å². The average molecular weight is 383 g/mol. The van der Waals surface area contributed by atoms with Gasteiger partial charge in [-0.05, 0) is 18.2 Å². The number of benzene rings is 2. The molecule has 0 bridgehead atoms. The molecule has 1 saturated heterocycles. The molecule has 6 heteroatoms. The maximum Gasteiger partial charge on any atom is 0.377 e. The Kier molecular flexibility index (Phi) is 7.21. The van der Waals surface area contributed by atoms with Crippen molar-refractivity contribution in [2.75, 3.05) is 0 Å². The highest BCUT2D eigenvalue weighted by Gasteiger charge is 2.37. The molecule has 1 amide bonds. The first-order valence-electron chi connectivity index (χ1n) is 9.16. The molecule has 2 aromatic carbocycles. The monoisotopic (exact) mass is 383 g/mol. The van der Waals surface area contributed by atoms with Crippen LogP contribution < -0.4 is 10.1 Å². The topological polar surface area (TPSA) is 73.9 Å². The van der Waals surface area contributed by atoms with E-state index in [0.29, 0.717) is 11.5 Å². The lowest BCUT2D eigenvalue weighted by Gasteiger charge is -2.14. The number of nitrogens with one attached hydrogen (secondary N) is 1. The van der Waals surface area contributed by atoms with Gasteiger partial charge in [-0.1, -0.05) is 50.2 Å². The summed E-state index contributed by atoms with van der Waals surface area (Å²) in [6.07, 6.45) is 1.09. The molecule has 148 valence electrons. The second-order valence-electron chi connectivity index (χ2n) is 6.14. The van der Waals surface area contributed by atoms with E-state index in [-0.39, 0.29) is 12.3 Å². The third-order valence-corrected chi connectivity index (χ3v) is 3.55. The van der Waals surface area contributed by atoms with Crippen molar-refractivity contribution in [1.82, 2.24) is 5.32 Å². The molecule has 0 aliphatic carbocycles. The quantitative estimate of drug-likeness (QED) is 0.615. The fourth-order valence-electron chi connectivity index (χ4n) is 2.41. The molecule has 1 heterocycles. The predicted molar refractivity (Wildman–Crippen MR) is 105 cm³/mol. The number of carbonyl (C=O) groups excluding carboxylic acids is 2. The fourth-order valence-corrected chi connectivity index (χ4v) is 2.41. The Hall–Kier alpha value is -3.28. The normalized spacial score (nSPS) is 15.7. The molecular weight excluding hydrogens is 358 g/mol. The van der Waals surface area contributed by atoms with Gasteiger partial charge in [0, 0.05) is 26.0 Å². The van der Waals surface area contributed by atoms with Crippen molar-refractivity contribution >= 4 is 11.9 Å². The maximum atomic E-state index is 12.1. The molecule has 2 aromatic rings. The number of cyclic esters (lactones) is 1. The summed E-state index contributed by atoms with van der Waals surface area (Å²) in [7, 11) is 0. The van der Waals surface area contributed by atoms with Crippen molar-refractivity contribution in [3.8, 4) is 11.5 Å². The van der Waals surface area contributed by atoms with Crippen LogP contribution in [0.15, 0.2) is 66.4 Å². The molecule has 1 fully saturated rings. The lowest BCUT2D eigenvalue weighted by atomic mass is 10.2. The third-order valence-electron chi connectivity index (χ3n) is 3.55. The highest BCUT2D eigenvalue weighted by molar-refractivity contribution is 5.98. The van der Waals surface area contributed by atoms with Gasteiger partial charge in [-0.2, -0.15) is 0 Å². The Morgan fingerprint density at radius 2 is 1.68 bits per heavy atom. The molecule has 0 spiro atoms. The lowest BCUT2D eigenvalue weighted by molar-refractivity contribution is -0.159. The first kappa shape index (κ1) is 21.0. The Morgan fingerprint density at radius 3 is 2.32 bits per heavy atom. The van der Waals surface area contributed by atoms with E-state index in [1.807, 2.05) is 68.4 Å². The van der Waals surface area contributed by atoms with Crippen molar-refractivity contribution in [3.05, 3.63) is 72.0 Å². The van der Waals surface area contributed by atoms with Crippen LogP contribution in [0, 0.1) is 0 Å². The molecule has 1 aliphatic heterocycles. The first-order chi connectivity index (χ1) is 13.4. The number of rotatable bonds is 5. The van der Waals surface area contributed by atoms with Gasteiger partial charge >= 0.3 is 5.97 Å². The minimum absolute atomic E-state index is 0.110. The standard InChI is InChI=1S/C20H19NO5.C2H6/c1-20(2)25-17(19(23)26-20)12-18(22)21-13-14-8-6-7-11-16(14)24-15-9-4-3-5-10-15;1-2/h3-12H,13H2,1-2H3,(H,21,22);1-2H3/b17-12-;. The van der Waals surface area contributed by atoms with Crippen molar-refractivity contribution in [1.29, 1.82) is 0 Å². The minimum Gasteiger partial charge on any atom is -0.457 e. The van der Waals surface area contributed by atoms with E-state index in [4.69, 9.17) is 14.2 Å². The molecule has 0 radical (unpaired) electrons. The van der Waals surface area contributed by atoms with E-state index in [9.17, 15) is 9.59 Å². The summed E-state index contributed by atoms with van der Waals surface area (Å²) < 4.78 is 16.1. The van der Waals surface area contributed by atoms with Gasteiger partial charge in [-0.15, -0.1) is 0 Å². The van der Waals surface area contributed by atoms with Crippen molar-refractivity contribution in [2.24, 2.45) is 0 Å². The lowest BCUT2D eigenvalue weighted by Crippen LogP contribution is -2.22. The summed E-state index contributed by atoms with van der Waals surface area (Å²) in [5, 5.41) is 2.72. The summed E-state index contributed by atoms with van der Waals surface area (Å²) in [6.45, 7) is 7.44. The van der Waals surface area contributed by atoms with Crippen LogP contribution in [0.5, 0.6) is 11.5 Å². The number of hydrogen-bond donors (Lipinski definition) is 1. The van der Waals surface area contributed by atoms with Crippen LogP contribution in [0.1, 0.15) is 33.3 Å². The van der Waals surface area contributed by atoms with E-state index in [2.05, 4.69) is 5.32 Å². The van der Waals surface area contributed by atoms with Crippen LogP contribution in [0.2, 0.25) is 0 Å². The zero-order valence-corrected chi connectivity index (χ0v) is 16.5. The highest BCUT2D eigenvalue weighted by atomic mass is 16.8. The molecule has 0 aromatic heterocycles. The molecule has 0 saturated carbocycles. The predicted octanol–water partition coefficient (Wildman–Crippen LogP) is 4.31. The van der Waals surface area contributed by atoms with Crippen LogP contribution >= 0.6 is 0 Å². The average Bonchev–Trinajstić information content (AvgIpc) is 2.95. The molecule has 6 nitrogen and oxygen atoms in total. The zero-order valence-electron chi connectivity index (χ0n) is 16.5. The van der Waals surface area contributed by atoms with Gasteiger partial charge in [0.1, 0.15) is 11.5 Å². The van der Waals surface area contributed by atoms with Gasteiger partial charge in [-0.25, -0.2) is 4.79 Å². The molecule has 1 N–H and O–H groups in total. The van der Waals surface area contributed by atoms with Crippen LogP contribution in [0.25, 0.3) is 0 Å². The van der Waals surface area contributed by atoms with E-state index in [1.54, 1.807) is 13.8 Å². The SMILES string of the molecule is CC.CC1(C)OC(=O)/C(=C/C(=O)NCc2ccccc2Oc2ccccc2)O1. The largest absolute Gasteiger partial charge is 0.457 e. The Labute approximate surface area is 165 Å². The molecule has 0 unspecified atom stereocenters. The first-order valence-corrected chi connectivity index (χ1v) is 9.16. The second kappa shape index (κ2) is 9.60. The molecule has 1 aliphatic rings. The minimum atomic E-state index is -1.06. The second-order valence-corrected chi connectivity index (χ2v) is 6.14. The van der Waals surface area contributed by atoms with Gasteiger partial charge in [0.05, 0.1) is 6.08 Å². The maximum absolute atomic E-state index is 12.1. The Morgan fingerprint density at radius 1 is 1.04 bits per heavy atom. The number of ether oxygens (including phenoxy) is 3. The molecular formula is C22H25NO5. The van der Waals surface area contributed by atoms with E-state index < -0.39 is 17.7 Å². The number of hydrogen-bond acceptors (Lipinski definition) is 5. The molecule has 3 rings (SSSR count). The molecule has 28 heavy (non-hydrogen) atoms. The van der Waals surface area contributed by atoms with Gasteiger partial charge in [0.15, 0.2) is 0 Å². The Balaban J connectivity index is 0.00000136. The summed E-state index contributed by atoms with van der Waals surface area (Å²) in [4.78, 5) is 23.7. The van der Waals surface area contributed by atoms with Crippen LogP contribution in [0.3, 0.4) is 0 Å². The molecule has 0 atom stereocenters. The van der Waals surface area contributed by atoms with E-state index in [0.717, 1.165) is 11.6 Å². The van der Waals surface area contributed by atoms with E-state index in [1.165, 1.54) is 0 Å². The summed E-state index contributed by atoms with van der Waals surface area (Å²) >= 11 is 0. The number of esters is 1. The van der Waals surface area contributed by atoms with E-state index >= 15 is 0 Å². The number of carbonyl (C=O) groups is 2. The Bertz CT molecular complexity index is 843. The van der Waals surface area contributed by atoms with Crippen LogP contribution in [0.4, 0.5) is 0 Å². The number of amides is 1. The smallest absolute Gasteiger partial charge is 0.377 e. The van der Waals surface area contributed by atoms with Crippen LogP contribution in [-0.2, 0) is 25.6 Å². The summed E-state index contributed by atoms with van der Waals surface area (Å²) in [5.41, 5.74) is 0.804. The van der Waals surface area contributed by atoms with Crippen molar-refractivity contribution < 1.29 is 23.8 Å². The van der Waals surface area contributed by atoms with Gasteiger partial charge < -0.3 is 19.5 Å². The van der Waals surface area contributed by atoms with Gasteiger partial charge in [0.25, 0.3) is 0 Å². The zero-order chi connectivity index (χ0) is 20.6. The third kappa shape index (κ3) is 5.87. The fraction of sp³-hybridized carbons (Fsp3) is 0.273.